The van der Waals surface area contributed by atoms with Gasteiger partial charge in [-0.3, -0.25) is 9.79 Å². The van der Waals surface area contributed by atoms with Gasteiger partial charge in [0.15, 0.2) is 5.78 Å². The fourth-order valence-electron chi connectivity index (χ4n) is 3.03. The summed E-state index contributed by atoms with van der Waals surface area (Å²) in [5.74, 6) is -0.124. The van der Waals surface area contributed by atoms with Crippen molar-refractivity contribution in [2.45, 2.75) is 51.5 Å². The number of aliphatic imine (C=N–C) groups is 1. The summed E-state index contributed by atoms with van der Waals surface area (Å²) in [6, 6.07) is 9.73. The maximum absolute atomic E-state index is 12.9. The molecule has 0 spiro atoms. The Morgan fingerprint density at radius 3 is 1.97 bits per heavy atom. The summed E-state index contributed by atoms with van der Waals surface area (Å²) in [6.45, 7) is 2.81. The molecule has 0 radical (unpaired) electrons. The van der Waals surface area contributed by atoms with Gasteiger partial charge in [-0.1, -0.05) is 84.7 Å². The molecular weight excluding hydrogens is 462 g/mol. The molecular formula is C23H26Cl4N2O. The number of nitrogens with two attached hydrogens (primary N) is 1. The minimum Gasteiger partial charge on any atom is -0.317 e. The Morgan fingerprint density at radius 2 is 1.43 bits per heavy atom. The van der Waals surface area contributed by atoms with E-state index < -0.39 is 6.04 Å². The topological polar surface area (TPSA) is 55.4 Å². The van der Waals surface area contributed by atoms with E-state index in [1.165, 1.54) is 6.42 Å². The molecule has 0 bridgehead atoms. The summed E-state index contributed by atoms with van der Waals surface area (Å²) in [7, 11) is 0. The quantitative estimate of drug-likeness (QED) is 0.274. The van der Waals surface area contributed by atoms with Gasteiger partial charge in [0, 0.05) is 25.1 Å². The summed E-state index contributed by atoms with van der Waals surface area (Å²) in [4.78, 5) is 17.6. The Hall–Kier alpha value is -1.10. The lowest BCUT2D eigenvalue weighted by Crippen LogP contribution is -2.41. The highest BCUT2D eigenvalue weighted by molar-refractivity contribution is 6.42. The molecule has 0 fully saturated rings. The predicted molar refractivity (Wildman–Crippen MR) is 130 cm³/mol. The van der Waals surface area contributed by atoms with Gasteiger partial charge >= 0.3 is 0 Å². The van der Waals surface area contributed by atoms with Crippen LogP contribution in [0.2, 0.25) is 20.1 Å². The van der Waals surface area contributed by atoms with E-state index in [0.29, 0.717) is 38.8 Å². The van der Waals surface area contributed by atoms with Crippen molar-refractivity contribution in [1.82, 2.24) is 0 Å². The van der Waals surface area contributed by atoms with E-state index in [9.17, 15) is 4.79 Å². The van der Waals surface area contributed by atoms with Crippen LogP contribution in [-0.4, -0.2) is 24.1 Å². The highest BCUT2D eigenvalue weighted by Crippen LogP contribution is 2.24. The molecule has 7 heteroatoms. The molecule has 0 amide bonds. The van der Waals surface area contributed by atoms with Crippen molar-refractivity contribution in [3.05, 3.63) is 67.6 Å². The first-order valence-electron chi connectivity index (χ1n) is 10.0. The third-order valence-corrected chi connectivity index (χ3v) is 6.24. The Morgan fingerprint density at radius 1 is 0.867 bits per heavy atom. The second kappa shape index (κ2) is 12.7. The highest BCUT2D eigenvalue weighted by Gasteiger charge is 2.21. The molecule has 2 aromatic rings. The number of ketones is 1. The van der Waals surface area contributed by atoms with Crippen LogP contribution < -0.4 is 5.73 Å². The van der Waals surface area contributed by atoms with Crippen molar-refractivity contribution in [3.8, 4) is 0 Å². The van der Waals surface area contributed by atoms with Crippen LogP contribution in [-0.2, 0) is 17.6 Å². The average Bonchev–Trinajstić information content (AvgIpc) is 2.71. The minimum absolute atomic E-state index is 0.124. The monoisotopic (exact) mass is 486 g/mol. The van der Waals surface area contributed by atoms with Crippen molar-refractivity contribution in [2.75, 3.05) is 6.54 Å². The first-order valence-corrected chi connectivity index (χ1v) is 11.5. The molecule has 0 aliphatic carbocycles. The number of carbonyl (C=O) groups is 1. The lowest BCUT2D eigenvalue weighted by Gasteiger charge is -2.15. The standard InChI is InChI=1S/C23H26Cl4N2O/c1-2-3-4-5-10-29-21(13-15-6-8-17(24)19(26)11-15)23(28)22(30)14-16-7-9-18(25)20(27)12-16/h6-9,11-12,23H,2-5,10,13-14,28H2,1H3. The van der Waals surface area contributed by atoms with Crippen molar-refractivity contribution < 1.29 is 4.79 Å². The molecule has 2 N–H and O–H groups in total. The predicted octanol–water partition coefficient (Wildman–Crippen LogP) is 7.00. The zero-order valence-electron chi connectivity index (χ0n) is 16.9. The third kappa shape index (κ3) is 7.86. The highest BCUT2D eigenvalue weighted by atomic mass is 35.5. The van der Waals surface area contributed by atoms with E-state index in [1.807, 2.05) is 6.07 Å². The van der Waals surface area contributed by atoms with Gasteiger partial charge in [0.1, 0.15) is 6.04 Å². The van der Waals surface area contributed by atoms with Crippen molar-refractivity contribution in [1.29, 1.82) is 0 Å². The first-order chi connectivity index (χ1) is 14.3. The molecule has 0 aliphatic heterocycles. The van der Waals surface area contributed by atoms with Crippen LogP contribution >= 0.6 is 46.4 Å². The van der Waals surface area contributed by atoms with Crippen LogP contribution in [0.4, 0.5) is 0 Å². The number of unbranched alkanes of at least 4 members (excludes halogenated alkanes) is 3. The maximum atomic E-state index is 12.9. The lowest BCUT2D eigenvalue weighted by molar-refractivity contribution is -0.118. The zero-order chi connectivity index (χ0) is 22.1. The van der Waals surface area contributed by atoms with Gasteiger partial charge in [-0.25, -0.2) is 0 Å². The number of halogens is 4. The summed E-state index contributed by atoms with van der Waals surface area (Å²) in [5, 5.41) is 1.81. The second-order valence-corrected chi connectivity index (χ2v) is 8.86. The van der Waals surface area contributed by atoms with Gasteiger partial charge < -0.3 is 5.73 Å². The molecule has 0 saturated carbocycles. The summed E-state index contributed by atoms with van der Waals surface area (Å²) in [6.07, 6.45) is 4.99. The van der Waals surface area contributed by atoms with Crippen molar-refractivity contribution in [3.63, 3.8) is 0 Å². The molecule has 2 rings (SSSR count). The number of carbonyl (C=O) groups excluding carboxylic acids is 1. The Labute approximate surface area is 198 Å². The van der Waals surface area contributed by atoms with Crippen LogP contribution in [0.3, 0.4) is 0 Å². The minimum atomic E-state index is -0.805. The van der Waals surface area contributed by atoms with Gasteiger partial charge in [0.2, 0.25) is 0 Å². The summed E-state index contributed by atoms with van der Waals surface area (Å²) >= 11 is 24.2. The molecule has 162 valence electrons. The van der Waals surface area contributed by atoms with E-state index in [0.717, 1.165) is 30.4 Å². The number of hydrogen-bond acceptors (Lipinski definition) is 3. The largest absolute Gasteiger partial charge is 0.317 e. The van der Waals surface area contributed by atoms with Crippen LogP contribution in [0.15, 0.2) is 41.4 Å². The molecule has 0 heterocycles. The third-order valence-electron chi connectivity index (χ3n) is 4.76. The SMILES string of the molecule is CCCCCCN=C(Cc1ccc(Cl)c(Cl)c1)C(N)C(=O)Cc1ccc(Cl)c(Cl)c1. The number of rotatable bonds is 11. The fraction of sp³-hybridized carbons (Fsp3) is 0.391. The molecule has 30 heavy (non-hydrogen) atoms. The smallest absolute Gasteiger partial charge is 0.159 e. The first kappa shape index (κ1) is 25.2. The zero-order valence-corrected chi connectivity index (χ0v) is 20.0. The van der Waals surface area contributed by atoms with Gasteiger partial charge in [-0.2, -0.15) is 0 Å². The molecule has 0 aromatic heterocycles. The lowest BCUT2D eigenvalue weighted by atomic mass is 9.96. The van der Waals surface area contributed by atoms with Crippen LogP contribution in [0.25, 0.3) is 0 Å². The van der Waals surface area contributed by atoms with E-state index in [4.69, 9.17) is 52.1 Å². The van der Waals surface area contributed by atoms with Crippen LogP contribution in [0, 0.1) is 0 Å². The average molecular weight is 488 g/mol. The number of Topliss-reactive ketones (excluding diaryl/α,β-unsaturated/α-hetero) is 1. The second-order valence-electron chi connectivity index (χ2n) is 7.23. The Kier molecular flexibility index (Phi) is 10.6. The maximum Gasteiger partial charge on any atom is 0.159 e. The van der Waals surface area contributed by atoms with E-state index >= 15 is 0 Å². The number of nitrogens with zero attached hydrogens (tertiary/aromatic N) is 1. The van der Waals surface area contributed by atoms with E-state index in [-0.39, 0.29) is 12.2 Å². The normalized spacial score (nSPS) is 12.8. The number of benzene rings is 2. The van der Waals surface area contributed by atoms with E-state index in [2.05, 4.69) is 11.9 Å². The van der Waals surface area contributed by atoms with Gasteiger partial charge in [0.25, 0.3) is 0 Å². The molecule has 0 saturated heterocycles. The van der Waals surface area contributed by atoms with Crippen molar-refractivity contribution >= 4 is 57.9 Å². The summed E-state index contributed by atoms with van der Waals surface area (Å²) < 4.78 is 0. The fourth-order valence-corrected chi connectivity index (χ4v) is 3.67. The Bertz CT molecular complexity index is 899. The Balaban J connectivity index is 2.15. The van der Waals surface area contributed by atoms with Gasteiger partial charge in [-0.05, 0) is 41.8 Å². The summed E-state index contributed by atoms with van der Waals surface area (Å²) in [5.41, 5.74) is 8.66. The number of hydrogen-bond donors (Lipinski definition) is 1. The van der Waals surface area contributed by atoms with Crippen molar-refractivity contribution in [2.24, 2.45) is 10.7 Å². The van der Waals surface area contributed by atoms with Gasteiger partial charge in [-0.15, -0.1) is 0 Å². The van der Waals surface area contributed by atoms with Gasteiger partial charge in [0.05, 0.1) is 20.1 Å². The molecule has 2 aromatic carbocycles. The molecule has 3 nitrogen and oxygen atoms in total. The van der Waals surface area contributed by atoms with Crippen LogP contribution in [0.1, 0.15) is 43.7 Å². The molecule has 1 unspecified atom stereocenters. The molecule has 0 aliphatic rings. The molecule has 1 atom stereocenters. The van der Waals surface area contributed by atoms with Crippen LogP contribution in [0.5, 0.6) is 0 Å². The van der Waals surface area contributed by atoms with E-state index in [1.54, 1.807) is 30.3 Å².